The number of likely N-dealkylation sites (tertiary alicyclic amines) is 1. The molecule has 0 N–H and O–H groups in total. The Morgan fingerprint density at radius 2 is 2.24 bits per heavy atom. The van der Waals surface area contributed by atoms with E-state index in [4.69, 9.17) is 4.42 Å². The van der Waals surface area contributed by atoms with Crippen molar-refractivity contribution in [2.45, 2.75) is 26.3 Å². The molecular formula is C13H20N2O2. The molecule has 4 nitrogen and oxygen atoms in total. The average molecular weight is 236 g/mol. The van der Waals surface area contributed by atoms with E-state index in [0.29, 0.717) is 13.1 Å². The van der Waals surface area contributed by atoms with E-state index in [0.717, 1.165) is 38.2 Å². The fourth-order valence-corrected chi connectivity index (χ4v) is 2.16. The van der Waals surface area contributed by atoms with E-state index >= 15 is 0 Å². The van der Waals surface area contributed by atoms with Gasteiger partial charge >= 0.3 is 0 Å². The van der Waals surface area contributed by atoms with Crippen molar-refractivity contribution in [1.82, 2.24) is 9.80 Å². The Morgan fingerprint density at radius 3 is 2.82 bits per heavy atom. The third kappa shape index (κ3) is 3.33. The van der Waals surface area contributed by atoms with Crippen molar-refractivity contribution >= 4 is 5.91 Å². The number of likely N-dealkylation sites (N-methyl/N-ethyl adjacent to an activating group) is 1. The molecular weight excluding hydrogens is 216 g/mol. The maximum atomic E-state index is 12.0. The molecule has 0 radical (unpaired) electrons. The molecule has 2 rings (SSSR count). The van der Waals surface area contributed by atoms with Gasteiger partial charge in [-0.15, -0.1) is 0 Å². The van der Waals surface area contributed by atoms with Crippen LogP contribution in [0.5, 0.6) is 0 Å². The van der Waals surface area contributed by atoms with Crippen LogP contribution in [-0.4, -0.2) is 41.9 Å². The second-order valence-corrected chi connectivity index (χ2v) is 4.47. The first kappa shape index (κ1) is 12.2. The van der Waals surface area contributed by atoms with Gasteiger partial charge in [0.1, 0.15) is 5.76 Å². The second kappa shape index (κ2) is 5.87. The zero-order valence-electron chi connectivity index (χ0n) is 10.4. The first-order chi connectivity index (χ1) is 8.29. The normalized spacial score (nSPS) is 15.8. The molecule has 0 aromatic carbocycles. The fraction of sp³-hybridized carbons (Fsp3) is 0.615. The van der Waals surface area contributed by atoms with E-state index in [-0.39, 0.29) is 5.91 Å². The Hall–Kier alpha value is -1.29. The van der Waals surface area contributed by atoms with Crippen LogP contribution in [-0.2, 0) is 11.3 Å². The van der Waals surface area contributed by atoms with Gasteiger partial charge < -0.3 is 9.32 Å². The van der Waals surface area contributed by atoms with Crippen molar-refractivity contribution in [2.75, 3.05) is 26.2 Å². The molecule has 0 spiro atoms. The summed E-state index contributed by atoms with van der Waals surface area (Å²) >= 11 is 0. The van der Waals surface area contributed by atoms with Gasteiger partial charge in [0.05, 0.1) is 19.4 Å². The maximum Gasteiger partial charge on any atom is 0.236 e. The summed E-state index contributed by atoms with van der Waals surface area (Å²) in [5.74, 6) is 1.16. The first-order valence-electron chi connectivity index (χ1n) is 6.32. The van der Waals surface area contributed by atoms with Crippen molar-refractivity contribution in [2.24, 2.45) is 0 Å². The SMILES string of the molecule is CCN(CC(=O)N1CCCC1)Cc1ccco1. The van der Waals surface area contributed by atoms with Crippen molar-refractivity contribution < 1.29 is 9.21 Å². The summed E-state index contributed by atoms with van der Waals surface area (Å²) in [5, 5.41) is 0. The van der Waals surface area contributed by atoms with Gasteiger partial charge in [-0.3, -0.25) is 9.69 Å². The van der Waals surface area contributed by atoms with Gasteiger partial charge in [0.25, 0.3) is 0 Å². The van der Waals surface area contributed by atoms with Crippen LogP contribution in [0.1, 0.15) is 25.5 Å². The van der Waals surface area contributed by atoms with Gasteiger partial charge in [0.2, 0.25) is 5.91 Å². The molecule has 1 saturated heterocycles. The molecule has 17 heavy (non-hydrogen) atoms. The molecule has 1 aliphatic rings. The Balaban J connectivity index is 1.84. The minimum absolute atomic E-state index is 0.246. The highest BCUT2D eigenvalue weighted by molar-refractivity contribution is 5.78. The summed E-state index contributed by atoms with van der Waals surface area (Å²) in [6.07, 6.45) is 3.97. The van der Waals surface area contributed by atoms with Gasteiger partial charge in [-0.25, -0.2) is 0 Å². The van der Waals surface area contributed by atoms with Gasteiger partial charge in [0.15, 0.2) is 0 Å². The highest BCUT2D eigenvalue weighted by Gasteiger charge is 2.20. The Morgan fingerprint density at radius 1 is 1.47 bits per heavy atom. The topological polar surface area (TPSA) is 36.7 Å². The van der Waals surface area contributed by atoms with Crippen LogP contribution in [0.25, 0.3) is 0 Å². The van der Waals surface area contributed by atoms with Crippen molar-refractivity contribution in [1.29, 1.82) is 0 Å². The number of nitrogens with zero attached hydrogens (tertiary/aromatic N) is 2. The molecule has 1 amide bonds. The van der Waals surface area contributed by atoms with Crippen LogP contribution in [0, 0.1) is 0 Å². The summed E-state index contributed by atoms with van der Waals surface area (Å²) < 4.78 is 5.31. The smallest absolute Gasteiger partial charge is 0.236 e. The predicted molar refractivity (Wildman–Crippen MR) is 65.5 cm³/mol. The summed E-state index contributed by atoms with van der Waals surface area (Å²) in [5.41, 5.74) is 0. The number of hydrogen-bond acceptors (Lipinski definition) is 3. The van der Waals surface area contributed by atoms with E-state index in [2.05, 4.69) is 11.8 Å². The summed E-state index contributed by atoms with van der Waals surface area (Å²) in [7, 11) is 0. The highest BCUT2D eigenvalue weighted by Crippen LogP contribution is 2.10. The van der Waals surface area contributed by atoms with Crippen molar-refractivity contribution in [3.05, 3.63) is 24.2 Å². The predicted octanol–water partition coefficient (Wildman–Crippen LogP) is 1.72. The lowest BCUT2D eigenvalue weighted by molar-refractivity contribution is -0.131. The molecule has 4 heteroatoms. The third-order valence-corrected chi connectivity index (χ3v) is 3.22. The number of amides is 1. The third-order valence-electron chi connectivity index (χ3n) is 3.22. The van der Waals surface area contributed by atoms with Crippen LogP contribution < -0.4 is 0 Å². The fourth-order valence-electron chi connectivity index (χ4n) is 2.16. The standard InChI is InChI=1S/C13H20N2O2/c1-2-14(10-12-6-5-9-17-12)11-13(16)15-7-3-4-8-15/h5-6,9H,2-4,7-8,10-11H2,1H3. The number of carbonyl (C=O) groups excluding carboxylic acids is 1. The van der Waals surface area contributed by atoms with Crippen molar-refractivity contribution in [3.63, 3.8) is 0 Å². The molecule has 0 bridgehead atoms. The minimum atomic E-state index is 0.246. The van der Waals surface area contributed by atoms with E-state index in [1.54, 1.807) is 6.26 Å². The second-order valence-electron chi connectivity index (χ2n) is 4.47. The van der Waals surface area contributed by atoms with E-state index in [9.17, 15) is 4.79 Å². The lowest BCUT2D eigenvalue weighted by Crippen LogP contribution is -2.38. The lowest BCUT2D eigenvalue weighted by atomic mass is 10.3. The van der Waals surface area contributed by atoms with Gasteiger partial charge in [-0.05, 0) is 31.5 Å². The largest absolute Gasteiger partial charge is 0.468 e. The highest BCUT2D eigenvalue weighted by atomic mass is 16.3. The molecule has 2 heterocycles. The van der Waals surface area contributed by atoms with Crippen LogP contribution in [0.2, 0.25) is 0 Å². The van der Waals surface area contributed by atoms with Crippen LogP contribution >= 0.6 is 0 Å². The maximum absolute atomic E-state index is 12.0. The molecule has 0 saturated carbocycles. The molecule has 1 aromatic heterocycles. The molecule has 1 aromatic rings. The Bertz CT molecular complexity index is 342. The van der Waals surface area contributed by atoms with Crippen LogP contribution in [0.3, 0.4) is 0 Å². The number of carbonyl (C=O) groups is 1. The van der Waals surface area contributed by atoms with Gasteiger partial charge in [0, 0.05) is 13.1 Å². The zero-order valence-corrected chi connectivity index (χ0v) is 10.4. The first-order valence-corrected chi connectivity index (χ1v) is 6.32. The van der Waals surface area contributed by atoms with Crippen LogP contribution in [0.15, 0.2) is 22.8 Å². The zero-order chi connectivity index (χ0) is 12.1. The molecule has 1 aliphatic heterocycles. The van der Waals surface area contributed by atoms with E-state index < -0.39 is 0 Å². The average Bonchev–Trinajstić information content (AvgIpc) is 3.00. The molecule has 0 unspecified atom stereocenters. The van der Waals surface area contributed by atoms with E-state index in [1.165, 1.54) is 0 Å². The molecule has 0 atom stereocenters. The van der Waals surface area contributed by atoms with Crippen molar-refractivity contribution in [3.8, 4) is 0 Å². The molecule has 1 fully saturated rings. The summed E-state index contributed by atoms with van der Waals surface area (Å²) in [6.45, 7) is 6.00. The summed E-state index contributed by atoms with van der Waals surface area (Å²) in [6, 6.07) is 3.83. The molecule has 0 aliphatic carbocycles. The van der Waals surface area contributed by atoms with Crippen LogP contribution in [0.4, 0.5) is 0 Å². The summed E-state index contributed by atoms with van der Waals surface area (Å²) in [4.78, 5) is 16.1. The number of rotatable bonds is 5. The van der Waals surface area contributed by atoms with E-state index in [1.807, 2.05) is 17.0 Å². The Labute approximate surface area is 102 Å². The van der Waals surface area contributed by atoms with Gasteiger partial charge in [-0.1, -0.05) is 6.92 Å². The van der Waals surface area contributed by atoms with Gasteiger partial charge in [-0.2, -0.15) is 0 Å². The number of furan rings is 1. The minimum Gasteiger partial charge on any atom is -0.468 e. The lowest BCUT2D eigenvalue weighted by Gasteiger charge is -2.22. The Kier molecular flexibility index (Phi) is 4.20. The quantitative estimate of drug-likeness (QED) is 0.781. The molecule has 94 valence electrons. The monoisotopic (exact) mass is 236 g/mol. The number of hydrogen-bond donors (Lipinski definition) is 0.